The third kappa shape index (κ3) is 4.05. The lowest BCUT2D eigenvalue weighted by Gasteiger charge is -2.20. The van der Waals surface area contributed by atoms with Gasteiger partial charge in [0.1, 0.15) is 5.69 Å². The van der Waals surface area contributed by atoms with Crippen LogP contribution in [0.25, 0.3) is 0 Å². The number of anilines is 4. The lowest BCUT2D eigenvalue weighted by Crippen LogP contribution is -2.29. The highest BCUT2D eigenvalue weighted by atomic mass is 16.2. The molecule has 0 radical (unpaired) electrons. The third-order valence-electron chi connectivity index (χ3n) is 4.68. The van der Waals surface area contributed by atoms with E-state index < -0.39 is 5.92 Å². The Hall–Kier alpha value is -3.16. The van der Waals surface area contributed by atoms with E-state index in [9.17, 15) is 9.59 Å². The van der Waals surface area contributed by atoms with E-state index in [0.29, 0.717) is 24.0 Å². The molecule has 8 heteroatoms. The predicted octanol–water partition coefficient (Wildman–Crippen LogP) is 1.91. The van der Waals surface area contributed by atoms with Crippen LogP contribution in [0.5, 0.6) is 0 Å². The van der Waals surface area contributed by atoms with Crippen LogP contribution >= 0.6 is 0 Å². The largest absolute Gasteiger partial charge is 0.361 e. The van der Waals surface area contributed by atoms with E-state index in [4.69, 9.17) is 0 Å². The number of aryl methyl sites for hydroxylation is 1. The van der Waals surface area contributed by atoms with Gasteiger partial charge in [-0.1, -0.05) is 17.7 Å². The normalized spacial score (nSPS) is 16.2. The monoisotopic (exact) mass is 382 g/mol. The summed E-state index contributed by atoms with van der Waals surface area (Å²) >= 11 is 0. The molecule has 1 aromatic carbocycles. The summed E-state index contributed by atoms with van der Waals surface area (Å²) in [4.78, 5) is 39.3. The van der Waals surface area contributed by atoms with Crippen LogP contribution in [0.4, 0.5) is 23.1 Å². The van der Waals surface area contributed by atoms with E-state index in [1.54, 1.807) is 16.0 Å². The average molecular weight is 382 g/mol. The van der Waals surface area contributed by atoms with Crippen molar-refractivity contribution in [3.63, 3.8) is 0 Å². The first kappa shape index (κ1) is 19.6. The van der Waals surface area contributed by atoms with Crippen LogP contribution in [0.2, 0.25) is 0 Å². The second-order valence-electron chi connectivity index (χ2n) is 7.43. The fraction of sp³-hybridized carbons (Fsp3) is 0.400. The summed E-state index contributed by atoms with van der Waals surface area (Å²) in [6.45, 7) is 2.36. The van der Waals surface area contributed by atoms with Crippen molar-refractivity contribution in [1.29, 1.82) is 0 Å². The van der Waals surface area contributed by atoms with Gasteiger partial charge in [0.25, 0.3) is 0 Å². The molecule has 2 aromatic rings. The molecule has 0 saturated carbocycles. The molecule has 1 fully saturated rings. The van der Waals surface area contributed by atoms with Crippen LogP contribution in [0.1, 0.15) is 12.0 Å². The van der Waals surface area contributed by atoms with Gasteiger partial charge in [0.05, 0.1) is 12.1 Å². The number of nitrogens with zero attached hydrogens (tertiary/aromatic N) is 5. The zero-order chi connectivity index (χ0) is 20.4. The Bertz CT molecular complexity index is 879. The molecule has 3 rings (SSSR count). The van der Waals surface area contributed by atoms with Crippen LogP contribution in [0.3, 0.4) is 0 Å². The van der Waals surface area contributed by atoms with Crippen LogP contribution in [-0.4, -0.2) is 56.5 Å². The second kappa shape index (κ2) is 7.84. The minimum atomic E-state index is -0.419. The van der Waals surface area contributed by atoms with Crippen molar-refractivity contribution in [3.05, 3.63) is 36.0 Å². The van der Waals surface area contributed by atoms with Gasteiger partial charge in [-0.05, 0) is 19.1 Å². The molecule has 0 spiro atoms. The average Bonchev–Trinajstić information content (AvgIpc) is 3.04. The van der Waals surface area contributed by atoms with Gasteiger partial charge in [-0.25, -0.2) is 4.98 Å². The van der Waals surface area contributed by atoms with Gasteiger partial charge in [-0.15, -0.1) is 0 Å². The van der Waals surface area contributed by atoms with Crippen LogP contribution in [0, 0.1) is 12.8 Å². The molecule has 1 aliphatic rings. The van der Waals surface area contributed by atoms with Gasteiger partial charge in [0, 0.05) is 46.8 Å². The first-order valence-electron chi connectivity index (χ1n) is 9.16. The Morgan fingerprint density at radius 2 is 1.82 bits per heavy atom. The standard InChI is InChI=1S/C20H26N6O2/c1-13-6-8-15(9-7-13)26-12-14(10-17(26)27)19(28)22-16-11-21-20(25(4)5)23-18(16)24(2)3/h6-9,11,14H,10,12H2,1-5H3,(H,22,28). The van der Waals surface area contributed by atoms with Gasteiger partial charge in [-0.3, -0.25) is 9.59 Å². The fourth-order valence-electron chi connectivity index (χ4n) is 3.10. The van der Waals surface area contributed by atoms with Crippen molar-refractivity contribution < 1.29 is 9.59 Å². The molecule has 2 heterocycles. The molecule has 8 nitrogen and oxygen atoms in total. The Balaban J connectivity index is 1.75. The number of aromatic nitrogens is 2. The molecule has 1 saturated heterocycles. The fourth-order valence-corrected chi connectivity index (χ4v) is 3.10. The van der Waals surface area contributed by atoms with Gasteiger partial charge in [0.15, 0.2) is 5.82 Å². The second-order valence-corrected chi connectivity index (χ2v) is 7.43. The summed E-state index contributed by atoms with van der Waals surface area (Å²) in [6, 6.07) is 7.74. The molecule has 1 N–H and O–H groups in total. The predicted molar refractivity (Wildman–Crippen MR) is 111 cm³/mol. The lowest BCUT2D eigenvalue weighted by atomic mass is 10.1. The lowest BCUT2D eigenvalue weighted by molar-refractivity contribution is -0.122. The molecular weight excluding hydrogens is 356 g/mol. The van der Waals surface area contributed by atoms with E-state index in [1.165, 1.54) is 0 Å². The molecular formula is C20H26N6O2. The summed E-state index contributed by atoms with van der Waals surface area (Å²) in [5, 5.41) is 2.90. The third-order valence-corrected chi connectivity index (χ3v) is 4.68. The Kier molecular flexibility index (Phi) is 5.48. The van der Waals surface area contributed by atoms with Crippen molar-refractivity contribution in [1.82, 2.24) is 9.97 Å². The molecule has 1 unspecified atom stereocenters. The number of carbonyl (C=O) groups is 2. The molecule has 1 aromatic heterocycles. The molecule has 2 amide bonds. The zero-order valence-corrected chi connectivity index (χ0v) is 16.9. The van der Waals surface area contributed by atoms with Gasteiger partial charge in [0.2, 0.25) is 17.8 Å². The maximum absolute atomic E-state index is 12.8. The number of hydrogen-bond acceptors (Lipinski definition) is 6. The summed E-state index contributed by atoms with van der Waals surface area (Å²) < 4.78 is 0. The van der Waals surface area contributed by atoms with E-state index in [0.717, 1.165) is 11.3 Å². The molecule has 148 valence electrons. The van der Waals surface area contributed by atoms with E-state index in [-0.39, 0.29) is 18.2 Å². The van der Waals surface area contributed by atoms with Gasteiger partial charge >= 0.3 is 0 Å². The van der Waals surface area contributed by atoms with E-state index in [1.807, 2.05) is 64.3 Å². The number of nitrogens with one attached hydrogen (secondary N) is 1. The quantitative estimate of drug-likeness (QED) is 0.851. The Morgan fingerprint density at radius 3 is 2.43 bits per heavy atom. The number of amides is 2. The summed E-state index contributed by atoms with van der Waals surface area (Å²) in [7, 11) is 7.43. The van der Waals surface area contributed by atoms with E-state index >= 15 is 0 Å². The van der Waals surface area contributed by atoms with Crippen molar-refractivity contribution in [2.24, 2.45) is 5.92 Å². The van der Waals surface area contributed by atoms with Gasteiger partial charge < -0.3 is 20.0 Å². The van der Waals surface area contributed by atoms with Crippen molar-refractivity contribution in [2.75, 3.05) is 54.8 Å². The highest BCUT2D eigenvalue weighted by Crippen LogP contribution is 2.28. The number of rotatable bonds is 5. The SMILES string of the molecule is Cc1ccc(N2CC(C(=O)Nc3cnc(N(C)C)nc3N(C)C)CC2=O)cc1. The smallest absolute Gasteiger partial charge is 0.229 e. The van der Waals surface area contributed by atoms with E-state index in [2.05, 4.69) is 15.3 Å². The maximum atomic E-state index is 12.8. The zero-order valence-electron chi connectivity index (χ0n) is 16.9. The first-order valence-corrected chi connectivity index (χ1v) is 9.16. The summed E-state index contributed by atoms with van der Waals surface area (Å²) in [6.07, 6.45) is 1.79. The highest BCUT2D eigenvalue weighted by molar-refractivity contribution is 6.04. The highest BCUT2D eigenvalue weighted by Gasteiger charge is 2.35. The molecule has 0 bridgehead atoms. The number of hydrogen-bond donors (Lipinski definition) is 1. The van der Waals surface area contributed by atoms with Crippen LogP contribution in [-0.2, 0) is 9.59 Å². The Labute approximate surface area is 165 Å². The first-order chi connectivity index (χ1) is 13.3. The van der Waals surface area contributed by atoms with Crippen molar-refractivity contribution >= 4 is 35.0 Å². The summed E-state index contributed by atoms with van der Waals surface area (Å²) in [5.74, 6) is 0.510. The Morgan fingerprint density at radius 1 is 1.14 bits per heavy atom. The van der Waals surface area contributed by atoms with Gasteiger partial charge in [-0.2, -0.15) is 4.98 Å². The van der Waals surface area contributed by atoms with Crippen LogP contribution < -0.4 is 20.0 Å². The van der Waals surface area contributed by atoms with Crippen molar-refractivity contribution in [2.45, 2.75) is 13.3 Å². The molecule has 1 aliphatic heterocycles. The topological polar surface area (TPSA) is 81.7 Å². The maximum Gasteiger partial charge on any atom is 0.229 e. The minimum Gasteiger partial charge on any atom is -0.361 e. The molecule has 0 aliphatic carbocycles. The summed E-state index contributed by atoms with van der Waals surface area (Å²) in [5.41, 5.74) is 2.47. The number of benzene rings is 1. The minimum absolute atomic E-state index is 0.0453. The number of carbonyl (C=O) groups excluding carboxylic acids is 2. The van der Waals surface area contributed by atoms with Crippen molar-refractivity contribution in [3.8, 4) is 0 Å². The molecule has 28 heavy (non-hydrogen) atoms. The molecule has 1 atom stereocenters. The van der Waals surface area contributed by atoms with Crippen LogP contribution in [0.15, 0.2) is 30.5 Å².